The fraction of sp³-hybridized carbons (Fsp3) is 0.417. The maximum absolute atomic E-state index is 11.5. The van der Waals surface area contributed by atoms with Gasteiger partial charge in [-0.2, -0.15) is 0 Å². The van der Waals surface area contributed by atoms with Crippen LogP contribution in [0.3, 0.4) is 0 Å². The van der Waals surface area contributed by atoms with E-state index in [2.05, 4.69) is 0 Å². The molecule has 0 aliphatic carbocycles. The number of benzene rings is 1. The lowest BCUT2D eigenvalue weighted by atomic mass is 9.90. The summed E-state index contributed by atoms with van der Waals surface area (Å²) < 4.78 is 0. The number of Topliss-reactive ketones (excluding diaryl/α,β-unsaturated/α-hetero) is 1. The first-order chi connectivity index (χ1) is 7.29. The number of nitro groups is 1. The Kier molecular flexibility index (Phi) is 3.12. The van der Waals surface area contributed by atoms with E-state index in [-0.39, 0.29) is 11.5 Å². The van der Waals surface area contributed by atoms with Gasteiger partial charge in [-0.05, 0) is 45.7 Å². The molecule has 0 saturated carbocycles. The zero-order valence-corrected chi connectivity index (χ0v) is 10.2. The fourth-order valence-electron chi connectivity index (χ4n) is 2.13. The molecule has 1 aromatic carbocycles. The zero-order valence-electron chi connectivity index (χ0n) is 10.2. The number of nitrogens with zero attached hydrogens (tertiary/aromatic N) is 1. The van der Waals surface area contributed by atoms with Crippen LogP contribution in [0, 0.1) is 37.8 Å². The third kappa shape index (κ3) is 1.71. The molecule has 16 heavy (non-hydrogen) atoms. The van der Waals surface area contributed by atoms with Crippen LogP contribution in [0.25, 0.3) is 0 Å². The molecule has 86 valence electrons. The van der Waals surface area contributed by atoms with Crippen LogP contribution in [0.5, 0.6) is 0 Å². The summed E-state index contributed by atoms with van der Waals surface area (Å²) in [6.07, 6.45) is 0. The molecule has 0 aliphatic rings. The molecule has 0 atom stereocenters. The minimum atomic E-state index is -0.413. The molecule has 0 heterocycles. The highest BCUT2D eigenvalue weighted by atomic mass is 16.6. The molecule has 0 spiro atoms. The molecule has 0 amide bonds. The Hall–Kier alpha value is -1.71. The lowest BCUT2D eigenvalue weighted by Crippen LogP contribution is -2.08. The van der Waals surface area contributed by atoms with Gasteiger partial charge >= 0.3 is 0 Å². The standard InChI is InChI=1S/C12H15NO3/c1-6-7(2)11(10(5)14)9(4)12(8(6)3)13(15)16/h1-5H3. The van der Waals surface area contributed by atoms with E-state index < -0.39 is 4.92 Å². The number of carbonyl (C=O) groups is 1. The first-order valence-corrected chi connectivity index (χ1v) is 5.04. The lowest BCUT2D eigenvalue weighted by Gasteiger charge is -2.13. The third-order valence-corrected chi connectivity index (χ3v) is 3.12. The summed E-state index contributed by atoms with van der Waals surface area (Å²) in [5.41, 5.74) is 3.32. The second-order valence-electron chi connectivity index (χ2n) is 4.04. The summed E-state index contributed by atoms with van der Waals surface area (Å²) in [6, 6.07) is 0. The molecular formula is C12H15NO3. The first-order valence-electron chi connectivity index (χ1n) is 5.04. The Balaban J connectivity index is 3.80. The number of nitro benzene ring substituents is 1. The van der Waals surface area contributed by atoms with Gasteiger partial charge in [-0.25, -0.2) is 0 Å². The second kappa shape index (κ2) is 4.04. The number of rotatable bonds is 2. The molecule has 0 N–H and O–H groups in total. The van der Waals surface area contributed by atoms with E-state index in [1.807, 2.05) is 13.8 Å². The van der Waals surface area contributed by atoms with Gasteiger partial charge in [0.25, 0.3) is 5.69 Å². The SMILES string of the molecule is CC(=O)c1c(C)c(C)c(C)c([N+](=O)[O-])c1C. The molecule has 4 heteroatoms. The van der Waals surface area contributed by atoms with Gasteiger partial charge < -0.3 is 0 Å². The van der Waals surface area contributed by atoms with Crippen molar-refractivity contribution in [3.63, 3.8) is 0 Å². The van der Waals surface area contributed by atoms with E-state index in [1.54, 1.807) is 13.8 Å². The van der Waals surface area contributed by atoms with Crippen LogP contribution in [0.1, 0.15) is 39.5 Å². The Morgan fingerprint density at radius 3 is 1.88 bits per heavy atom. The number of ketones is 1. The van der Waals surface area contributed by atoms with Crippen LogP contribution in [0.15, 0.2) is 0 Å². The average molecular weight is 221 g/mol. The van der Waals surface area contributed by atoms with Crippen molar-refractivity contribution >= 4 is 11.5 Å². The Bertz CT molecular complexity index is 449. The van der Waals surface area contributed by atoms with E-state index in [0.29, 0.717) is 16.7 Å². The summed E-state index contributed by atoms with van der Waals surface area (Å²) in [6.45, 7) is 8.43. The van der Waals surface area contributed by atoms with Gasteiger partial charge in [0.05, 0.1) is 4.92 Å². The van der Waals surface area contributed by atoms with Gasteiger partial charge in [0.2, 0.25) is 0 Å². The van der Waals surface area contributed by atoms with Crippen molar-refractivity contribution in [3.8, 4) is 0 Å². The number of hydrogen-bond donors (Lipinski definition) is 0. The molecule has 0 bridgehead atoms. The topological polar surface area (TPSA) is 60.2 Å². The lowest BCUT2D eigenvalue weighted by molar-refractivity contribution is -0.386. The van der Waals surface area contributed by atoms with Crippen LogP contribution < -0.4 is 0 Å². The largest absolute Gasteiger partial charge is 0.294 e. The normalized spacial score (nSPS) is 10.3. The van der Waals surface area contributed by atoms with Crippen LogP contribution in [-0.2, 0) is 0 Å². The Morgan fingerprint density at radius 1 is 1.00 bits per heavy atom. The maximum atomic E-state index is 11.5. The molecule has 0 radical (unpaired) electrons. The van der Waals surface area contributed by atoms with E-state index in [9.17, 15) is 14.9 Å². The van der Waals surface area contributed by atoms with Gasteiger partial charge in [0.1, 0.15) is 0 Å². The van der Waals surface area contributed by atoms with Gasteiger partial charge in [-0.1, -0.05) is 0 Å². The van der Waals surface area contributed by atoms with Crippen LogP contribution >= 0.6 is 0 Å². The molecule has 0 aliphatic heterocycles. The quantitative estimate of drug-likeness (QED) is 0.438. The minimum absolute atomic E-state index is 0.0632. The number of carbonyl (C=O) groups excluding carboxylic acids is 1. The first kappa shape index (κ1) is 12.4. The fourth-order valence-corrected chi connectivity index (χ4v) is 2.13. The van der Waals surface area contributed by atoms with E-state index in [4.69, 9.17) is 0 Å². The summed E-state index contributed by atoms with van der Waals surface area (Å²) in [7, 11) is 0. The molecule has 1 aromatic rings. The van der Waals surface area contributed by atoms with Gasteiger partial charge in [-0.3, -0.25) is 14.9 Å². The zero-order chi connectivity index (χ0) is 12.6. The van der Waals surface area contributed by atoms with Gasteiger partial charge in [0, 0.05) is 16.7 Å². The second-order valence-corrected chi connectivity index (χ2v) is 4.04. The number of hydrogen-bond acceptors (Lipinski definition) is 3. The van der Waals surface area contributed by atoms with Gasteiger partial charge in [-0.15, -0.1) is 0 Å². The predicted molar refractivity (Wildman–Crippen MR) is 62.0 cm³/mol. The smallest absolute Gasteiger partial charge is 0.276 e. The van der Waals surface area contributed by atoms with Gasteiger partial charge in [0.15, 0.2) is 5.78 Å². The average Bonchev–Trinajstić information content (AvgIpc) is 2.13. The summed E-state index contributed by atoms with van der Waals surface area (Å²) >= 11 is 0. The predicted octanol–water partition coefficient (Wildman–Crippen LogP) is 3.03. The summed E-state index contributed by atoms with van der Waals surface area (Å²) in [5, 5.41) is 11.0. The van der Waals surface area contributed by atoms with Crippen molar-refractivity contribution in [2.45, 2.75) is 34.6 Å². The van der Waals surface area contributed by atoms with Crippen LogP contribution in [0.2, 0.25) is 0 Å². The highest BCUT2D eigenvalue weighted by molar-refractivity contribution is 5.98. The molecule has 1 rings (SSSR count). The third-order valence-electron chi connectivity index (χ3n) is 3.12. The molecule has 0 unspecified atom stereocenters. The highest BCUT2D eigenvalue weighted by Gasteiger charge is 2.24. The monoisotopic (exact) mass is 221 g/mol. The van der Waals surface area contributed by atoms with Crippen molar-refractivity contribution < 1.29 is 9.72 Å². The molecular weight excluding hydrogens is 206 g/mol. The van der Waals surface area contributed by atoms with Crippen LogP contribution in [-0.4, -0.2) is 10.7 Å². The van der Waals surface area contributed by atoms with Crippen molar-refractivity contribution in [1.82, 2.24) is 0 Å². The molecule has 0 fully saturated rings. The van der Waals surface area contributed by atoms with Crippen molar-refractivity contribution in [2.24, 2.45) is 0 Å². The van der Waals surface area contributed by atoms with E-state index >= 15 is 0 Å². The molecule has 4 nitrogen and oxygen atoms in total. The maximum Gasteiger partial charge on any atom is 0.276 e. The minimum Gasteiger partial charge on any atom is -0.294 e. The van der Waals surface area contributed by atoms with Crippen molar-refractivity contribution in [2.75, 3.05) is 0 Å². The summed E-state index contributed by atoms with van der Waals surface area (Å²) in [4.78, 5) is 22.1. The van der Waals surface area contributed by atoms with E-state index in [0.717, 1.165) is 11.1 Å². The Morgan fingerprint density at radius 2 is 1.50 bits per heavy atom. The van der Waals surface area contributed by atoms with E-state index in [1.165, 1.54) is 6.92 Å². The van der Waals surface area contributed by atoms with Crippen LogP contribution in [0.4, 0.5) is 5.69 Å². The van der Waals surface area contributed by atoms with Crippen molar-refractivity contribution in [1.29, 1.82) is 0 Å². The Labute approximate surface area is 94.4 Å². The molecule has 0 saturated heterocycles. The molecule has 0 aromatic heterocycles. The highest BCUT2D eigenvalue weighted by Crippen LogP contribution is 2.32. The summed E-state index contributed by atoms with van der Waals surface area (Å²) in [5.74, 6) is -0.124. The van der Waals surface area contributed by atoms with Crippen molar-refractivity contribution in [3.05, 3.63) is 37.9 Å².